The largest absolute Gasteiger partial charge is 0.399 e. The van der Waals surface area contributed by atoms with E-state index < -0.39 is 5.95 Å². The summed E-state index contributed by atoms with van der Waals surface area (Å²) in [7, 11) is 0. The molecule has 0 saturated heterocycles. The van der Waals surface area contributed by atoms with E-state index >= 15 is 0 Å². The number of anilines is 1. The molecule has 0 unspecified atom stereocenters. The van der Waals surface area contributed by atoms with Crippen molar-refractivity contribution in [2.24, 2.45) is 0 Å². The maximum Gasteiger partial charge on any atom is 0.215 e. The fourth-order valence-electron chi connectivity index (χ4n) is 0.653. The Morgan fingerprint density at radius 2 is 2.22 bits per heavy atom. The van der Waals surface area contributed by atoms with Crippen LogP contribution < -0.4 is 5.73 Å². The van der Waals surface area contributed by atoms with Crippen molar-refractivity contribution in [3.8, 4) is 0 Å². The van der Waals surface area contributed by atoms with Gasteiger partial charge in [0.05, 0.1) is 0 Å². The molecule has 48 valence electrons. The van der Waals surface area contributed by atoms with E-state index in [1.54, 1.807) is 13.0 Å². The molecule has 0 atom stereocenters. The molecule has 1 aromatic heterocycles. The second-order valence-corrected chi connectivity index (χ2v) is 1.86. The van der Waals surface area contributed by atoms with Gasteiger partial charge >= 0.3 is 0 Å². The second-order valence-electron chi connectivity index (χ2n) is 1.86. The maximum atomic E-state index is 12.2. The standard InChI is InChI=1S/C6H7FN2/c1-4-2-5(8)3-6(7)9-4/h2-3H,1H3,(H2,8,9). The first-order valence-electron chi connectivity index (χ1n) is 2.58. The Bertz CT molecular complexity index is 172. The summed E-state index contributed by atoms with van der Waals surface area (Å²) in [4.78, 5) is 3.49. The van der Waals surface area contributed by atoms with Gasteiger partial charge in [-0.25, -0.2) is 4.98 Å². The lowest BCUT2D eigenvalue weighted by Crippen LogP contribution is -1.91. The molecule has 0 saturated carbocycles. The van der Waals surface area contributed by atoms with Gasteiger partial charge in [0.25, 0.3) is 0 Å². The predicted molar refractivity (Wildman–Crippen MR) is 33.3 cm³/mol. The number of halogens is 1. The fourth-order valence-corrected chi connectivity index (χ4v) is 0.653. The summed E-state index contributed by atoms with van der Waals surface area (Å²) in [6.07, 6.45) is 0. The molecule has 0 fully saturated rings. The lowest BCUT2D eigenvalue weighted by atomic mass is 10.3. The molecule has 0 aliphatic rings. The van der Waals surface area contributed by atoms with Crippen molar-refractivity contribution in [2.45, 2.75) is 6.92 Å². The van der Waals surface area contributed by atoms with Crippen LogP contribution in [0.4, 0.5) is 10.1 Å². The van der Waals surface area contributed by atoms with Crippen molar-refractivity contribution in [3.05, 3.63) is 23.8 Å². The van der Waals surface area contributed by atoms with Gasteiger partial charge in [-0.3, -0.25) is 0 Å². The highest BCUT2D eigenvalue weighted by Crippen LogP contribution is 2.04. The van der Waals surface area contributed by atoms with Crippen LogP contribution in [0, 0.1) is 12.9 Å². The Balaban J connectivity index is 3.17. The van der Waals surface area contributed by atoms with Crippen molar-refractivity contribution >= 4 is 5.69 Å². The van der Waals surface area contributed by atoms with E-state index in [1.807, 2.05) is 0 Å². The van der Waals surface area contributed by atoms with Crippen LogP contribution in [0.3, 0.4) is 0 Å². The Hall–Kier alpha value is -1.12. The number of aryl methyl sites for hydroxylation is 1. The van der Waals surface area contributed by atoms with Gasteiger partial charge in [0, 0.05) is 17.4 Å². The van der Waals surface area contributed by atoms with Crippen LogP contribution >= 0.6 is 0 Å². The molecule has 0 amide bonds. The summed E-state index contributed by atoms with van der Waals surface area (Å²) in [5, 5.41) is 0. The average Bonchev–Trinajstić information content (AvgIpc) is 1.59. The van der Waals surface area contributed by atoms with E-state index in [0.717, 1.165) is 0 Å². The zero-order chi connectivity index (χ0) is 6.85. The number of aromatic nitrogens is 1. The summed E-state index contributed by atoms with van der Waals surface area (Å²) < 4.78 is 12.2. The van der Waals surface area contributed by atoms with Gasteiger partial charge in [-0.2, -0.15) is 4.39 Å². The number of pyridine rings is 1. The van der Waals surface area contributed by atoms with Gasteiger partial charge < -0.3 is 5.73 Å². The minimum Gasteiger partial charge on any atom is -0.399 e. The molecule has 0 aromatic carbocycles. The summed E-state index contributed by atoms with van der Waals surface area (Å²) in [6, 6.07) is 2.80. The average molecular weight is 126 g/mol. The summed E-state index contributed by atoms with van der Waals surface area (Å²) >= 11 is 0. The molecule has 0 aliphatic carbocycles. The third-order valence-corrected chi connectivity index (χ3v) is 0.944. The molecule has 0 spiro atoms. The van der Waals surface area contributed by atoms with Crippen molar-refractivity contribution in [2.75, 3.05) is 5.73 Å². The molecule has 9 heavy (non-hydrogen) atoms. The van der Waals surface area contributed by atoms with E-state index in [2.05, 4.69) is 4.98 Å². The molecule has 1 aromatic rings. The maximum absolute atomic E-state index is 12.2. The van der Waals surface area contributed by atoms with E-state index in [0.29, 0.717) is 11.4 Å². The highest BCUT2D eigenvalue weighted by molar-refractivity contribution is 5.37. The topological polar surface area (TPSA) is 38.9 Å². The van der Waals surface area contributed by atoms with Crippen LogP contribution in [0.2, 0.25) is 0 Å². The van der Waals surface area contributed by atoms with E-state index in [1.165, 1.54) is 6.07 Å². The summed E-state index contributed by atoms with van der Waals surface area (Å²) in [5.74, 6) is -0.521. The Morgan fingerprint density at radius 1 is 1.56 bits per heavy atom. The zero-order valence-corrected chi connectivity index (χ0v) is 5.06. The molecular weight excluding hydrogens is 119 g/mol. The van der Waals surface area contributed by atoms with Gasteiger partial charge in [-0.1, -0.05) is 0 Å². The van der Waals surface area contributed by atoms with Crippen LogP contribution in [0.1, 0.15) is 5.69 Å². The third-order valence-electron chi connectivity index (χ3n) is 0.944. The van der Waals surface area contributed by atoms with Gasteiger partial charge in [0.15, 0.2) is 0 Å². The predicted octanol–water partition coefficient (Wildman–Crippen LogP) is 1.11. The molecule has 0 aliphatic heterocycles. The SMILES string of the molecule is Cc1cc(N)cc(F)n1. The molecule has 1 rings (SSSR count). The van der Waals surface area contributed by atoms with Gasteiger partial charge in [0.1, 0.15) is 0 Å². The molecule has 2 nitrogen and oxygen atoms in total. The minimum absolute atomic E-state index is 0.417. The Morgan fingerprint density at radius 3 is 2.67 bits per heavy atom. The van der Waals surface area contributed by atoms with Crippen LogP contribution in [0.25, 0.3) is 0 Å². The molecule has 1 heterocycles. The fraction of sp³-hybridized carbons (Fsp3) is 0.167. The first-order chi connectivity index (χ1) is 4.18. The molecule has 0 radical (unpaired) electrons. The lowest BCUT2D eigenvalue weighted by Gasteiger charge is -1.93. The van der Waals surface area contributed by atoms with E-state index in [9.17, 15) is 4.39 Å². The van der Waals surface area contributed by atoms with Crippen LogP contribution in [0.15, 0.2) is 12.1 Å². The molecule has 0 bridgehead atoms. The second kappa shape index (κ2) is 2.01. The number of hydrogen-bond donors (Lipinski definition) is 1. The van der Waals surface area contributed by atoms with E-state index in [4.69, 9.17) is 5.73 Å². The first kappa shape index (κ1) is 6.01. The lowest BCUT2D eigenvalue weighted by molar-refractivity contribution is 0.581. The number of nitrogens with zero attached hydrogens (tertiary/aromatic N) is 1. The summed E-state index contributed by atoms with van der Waals surface area (Å²) in [6.45, 7) is 1.69. The van der Waals surface area contributed by atoms with Crippen molar-refractivity contribution in [3.63, 3.8) is 0 Å². The van der Waals surface area contributed by atoms with Crippen LogP contribution in [-0.4, -0.2) is 4.98 Å². The van der Waals surface area contributed by atoms with Gasteiger partial charge in [0.2, 0.25) is 5.95 Å². The smallest absolute Gasteiger partial charge is 0.215 e. The minimum atomic E-state index is -0.521. The quantitative estimate of drug-likeness (QED) is 0.529. The van der Waals surface area contributed by atoms with Crippen LogP contribution in [0.5, 0.6) is 0 Å². The highest BCUT2D eigenvalue weighted by atomic mass is 19.1. The van der Waals surface area contributed by atoms with Gasteiger partial charge in [-0.15, -0.1) is 0 Å². The van der Waals surface area contributed by atoms with Crippen molar-refractivity contribution in [1.82, 2.24) is 4.98 Å². The molecular formula is C6H7FN2. The van der Waals surface area contributed by atoms with Crippen LogP contribution in [-0.2, 0) is 0 Å². The first-order valence-corrected chi connectivity index (χ1v) is 2.58. The van der Waals surface area contributed by atoms with Crippen molar-refractivity contribution in [1.29, 1.82) is 0 Å². The summed E-state index contributed by atoms with van der Waals surface area (Å²) in [5.41, 5.74) is 6.30. The Kier molecular flexibility index (Phi) is 1.34. The number of rotatable bonds is 0. The van der Waals surface area contributed by atoms with Gasteiger partial charge in [-0.05, 0) is 13.0 Å². The monoisotopic (exact) mass is 126 g/mol. The number of nitrogens with two attached hydrogens (primary N) is 1. The van der Waals surface area contributed by atoms with E-state index in [-0.39, 0.29) is 0 Å². The van der Waals surface area contributed by atoms with Crippen molar-refractivity contribution < 1.29 is 4.39 Å². The molecule has 2 N–H and O–H groups in total. The number of nitrogen functional groups attached to an aromatic ring is 1. The molecule has 3 heteroatoms. The normalized spacial score (nSPS) is 9.56. The highest BCUT2D eigenvalue weighted by Gasteiger charge is 1.92. The zero-order valence-electron chi connectivity index (χ0n) is 5.06. The Labute approximate surface area is 52.5 Å². The number of hydrogen-bond acceptors (Lipinski definition) is 2. The third kappa shape index (κ3) is 1.38.